The van der Waals surface area contributed by atoms with Crippen LogP contribution in [0, 0.1) is 6.92 Å². The first-order valence-electron chi connectivity index (χ1n) is 7.06. The summed E-state index contributed by atoms with van der Waals surface area (Å²) in [5, 5.41) is 0. The van der Waals surface area contributed by atoms with Gasteiger partial charge in [0.15, 0.2) is 0 Å². The molecular weight excluding hydrogens is 274 g/mol. The van der Waals surface area contributed by atoms with E-state index in [0.717, 1.165) is 22.5 Å². The summed E-state index contributed by atoms with van der Waals surface area (Å²) in [6.07, 6.45) is 3.29. The number of carbonyl (C=O) groups is 1. The minimum atomic E-state index is -0.0101. The van der Waals surface area contributed by atoms with Gasteiger partial charge < -0.3 is 10.6 Å². The molecule has 1 heterocycles. The molecule has 0 unspecified atom stereocenters. The molecule has 0 fully saturated rings. The van der Waals surface area contributed by atoms with Crippen LogP contribution in [0.2, 0.25) is 0 Å². The van der Waals surface area contributed by atoms with Gasteiger partial charge in [0, 0.05) is 23.2 Å². The summed E-state index contributed by atoms with van der Waals surface area (Å²) in [5.74, 6) is -0.0101. The molecule has 2 aromatic carbocycles. The Hall–Kier alpha value is -2.88. The Morgan fingerprint density at radius 1 is 1.27 bits per heavy atom. The molecule has 0 saturated heterocycles. The quantitative estimate of drug-likeness (QED) is 0.693. The van der Waals surface area contributed by atoms with Gasteiger partial charge in [0.1, 0.15) is 0 Å². The number of benzene rings is 2. The van der Waals surface area contributed by atoms with Crippen molar-refractivity contribution in [3.8, 4) is 0 Å². The Bertz CT molecular complexity index is 793. The van der Waals surface area contributed by atoms with E-state index in [1.54, 1.807) is 23.3 Å². The van der Waals surface area contributed by atoms with Crippen LogP contribution in [0.1, 0.15) is 21.5 Å². The van der Waals surface area contributed by atoms with Gasteiger partial charge in [-0.2, -0.15) is 0 Å². The highest BCUT2D eigenvalue weighted by atomic mass is 16.2. The SMILES string of the molecule is C=CC=Nc1ccc(N2Cc3ccc(N)cc3C2=O)cc1C. The average Bonchev–Trinajstić information content (AvgIpc) is 2.83. The predicted octanol–water partition coefficient (Wildman–Crippen LogP) is 3.63. The number of hydrogen-bond acceptors (Lipinski definition) is 3. The zero-order chi connectivity index (χ0) is 15.7. The number of nitrogens with two attached hydrogens (primary N) is 1. The van der Waals surface area contributed by atoms with Crippen LogP contribution in [0.4, 0.5) is 17.1 Å². The molecule has 2 N–H and O–H groups in total. The Kier molecular flexibility index (Phi) is 3.51. The molecule has 0 atom stereocenters. The first kappa shape index (κ1) is 14.1. The van der Waals surface area contributed by atoms with Crippen molar-refractivity contribution < 1.29 is 4.79 Å². The molecule has 0 saturated carbocycles. The van der Waals surface area contributed by atoms with E-state index in [0.29, 0.717) is 17.8 Å². The number of anilines is 2. The Morgan fingerprint density at radius 2 is 2.09 bits per heavy atom. The lowest BCUT2D eigenvalue weighted by Gasteiger charge is -2.17. The summed E-state index contributed by atoms with van der Waals surface area (Å²) >= 11 is 0. The fourth-order valence-corrected chi connectivity index (χ4v) is 2.61. The van der Waals surface area contributed by atoms with Crippen molar-refractivity contribution in [3.05, 3.63) is 65.7 Å². The van der Waals surface area contributed by atoms with Crippen LogP contribution >= 0.6 is 0 Å². The molecule has 0 aromatic heterocycles. The maximum Gasteiger partial charge on any atom is 0.259 e. The van der Waals surface area contributed by atoms with E-state index in [1.807, 2.05) is 37.3 Å². The van der Waals surface area contributed by atoms with Gasteiger partial charge in [0.05, 0.1) is 12.2 Å². The minimum Gasteiger partial charge on any atom is -0.399 e. The van der Waals surface area contributed by atoms with E-state index >= 15 is 0 Å². The largest absolute Gasteiger partial charge is 0.399 e. The maximum absolute atomic E-state index is 12.5. The second-order valence-corrected chi connectivity index (χ2v) is 5.29. The number of rotatable bonds is 3. The average molecular weight is 291 g/mol. The lowest BCUT2D eigenvalue weighted by molar-refractivity contribution is 0.0996. The van der Waals surface area contributed by atoms with E-state index in [2.05, 4.69) is 11.6 Å². The third-order valence-corrected chi connectivity index (χ3v) is 3.75. The maximum atomic E-state index is 12.5. The molecule has 1 amide bonds. The van der Waals surface area contributed by atoms with Gasteiger partial charge in [-0.05, 0) is 48.4 Å². The molecule has 2 aromatic rings. The van der Waals surface area contributed by atoms with Crippen molar-refractivity contribution in [3.63, 3.8) is 0 Å². The van der Waals surface area contributed by atoms with E-state index in [1.165, 1.54) is 0 Å². The number of aryl methyl sites for hydroxylation is 1. The molecular formula is C18H17N3O. The zero-order valence-electron chi connectivity index (χ0n) is 12.4. The van der Waals surface area contributed by atoms with Crippen molar-refractivity contribution >= 4 is 29.2 Å². The van der Waals surface area contributed by atoms with Crippen molar-refractivity contribution in [2.24, 2.45) is 4.99 Å². The third kappa shape index (κ3) is 2.39. The van der Waals surface area contributed by atoms with Crippen LogP contribution in [-0.4, -0.2) is 12.1 Å². The first-order valence-corrected chi connectivity index (χ1v) is 7.06. The number of amides is 1. The van der Waals surface area contributed by atoms with Gasteiger partial charge in [0.25, 0.3) is 5.91 Å². The van der Waals surface area contributed by atoms with Crippen LogP contribution in [0.25, 0.3) is 0 Å². The number of nitrogen functional groups attached to an aromatic ring is 1. The molecule has 110 valence electrons. The second kappa shape index (κ2) is 5.48. The number of hydrogen-bond donors (Lipinski definition) is 1. The van der Waals surface area contributed by atoms with E-state index in [-0.39, 0.29) is 5.91 Å². The van der Waals surface area contributed by atoms with E-state index < -0.39 is 0 Å². The fourth-order valence-electron chi connectivity index (χ4n) is 2.61. The number of fused-ring (bicyclic) bond motifs is 1. The molecule has 4 heteroatoms. The summed E-state index contributed by atoms with van der Waals surface area (Å²) in [6.45, 7) is 6.16. The summed E-state index contributed by atoms with van der Waals surface area (Å²) in [7, 11) is 0. The highest BCUT2D eigenvalue weighted by Gasteiger charge is 2.28. The molecule has 0 radical (unpaired) electrons. The van der Waals surface area contributed by atoms with Gasteiger partial charge in [-0.3, -0.25) is 9.79 Å². The van der Waals surface area contributed by atoms with Crippen molar-refractivity contribution in [2.75, 3.05) is 10.6 Å². The van der Waals surface area contributed by atoms with Gasteiger partial charge in [-0.1, -0.05) is 18.7 Å². The molecule has 0 spiro atoms. The zero-order valence-corrected chi connectivity index (χ0v) is 12.4. The molecule has 4 nitrogen and oxygen atoms in total. The molecule has 1 aliphatic heterocycles. The third-order valence-electron chi connectivity index (χ3n) is 3.75. The number of allylic oxidation sites excluding steroid dienone is 1. The minimum absolute atomic E-state index is 0.0101. The molecule has 22 heavy (non-hydrogen) atoms. The van der Waals surface area contributed by atoms with Crippen molar-refractivity contribution in [2.45, 2.75) is 13.5 Å². The van der Waals surface area contributed by atoms with Crippen molar-refractivity contribution in [1.29, 1.82) is 0 Å². The lowest BCUT2D eigenvalue weighted by Crippen LogP contribution is -2.22. The van der Waals surface area contributed by atoms with Gasteiger partial charge in [0.2, 0.25) is 0 Å². The Balaban J connectivity index is 1.93. The number of carbonyl (C=O) groups excluding carboxylic acids is 1. The number of nitrogens with zero attached hydrogens (tertiary/aromatic N) is 2. The Morgan fingerprint density at radius 3 is 2.82 bits per heavy atom. The fraction of sp³-hybridized carbons (Fsp3) is 0.111. The van der Waals surface area contributed by atoms with Gasteiger partial charge in [-0.15, -0.1) is 0 Å². The van der Waals surface area contributed by atoms with E-state index in [4.69, 9.17) is 5.73 Å². The standard InChI is InChI=1S/C18H17N3O/c1-3-8-20-17-7-6-15(9-12(17)2)21-11-13-4-5-14(19)10-16(13)18(21)22/h3-10H,1,11,19H2,2H3. The first-order chi connectivity index (χ1) is 10.6. The molecule has 0 bridgehead atoms. The van der Waals surface area contributed by atoms with Crippen LogP contribution in [0.5, 0.6) is 0 Å². The Labute approximate surface area is 129 Å². The monoisotopic (exact) mass is 291 g/mol. The summed E-state index contributed by atoms with van der Waals surface area (Å²) in [4.78, 5) is 18.6. The van der Waals surface area contributed by atoms with Gasteiger partial charge >= 0.3 is 0 Å². The lowest BCUT2D eigenvalue weighted by atomic mass is 10.1. The van der Waals surface area contributed by atoms with Crippen molar-refractivity contribution in [1.82, 2.24) is 0 Å². The topological polar surface area (TPSA) is 58.7 Å². The van der Waals surface area contributed by atoms with E-state index in [9.17, 15) is 4.79 Å². The molecule has 0 aliphatic carbocycles. The summed E-state index contributed by atoms with van der Waals surface area (Å²) in [5.41, 5.74) is 10.8. The van der Waals surface area contributed by atoms with Crippen LogP contribution < -0.4 is 10.6 Å². The van der Waals surface area contributed by atoms with Gasteiger partial charge in [-0.25, -0.2) is 0 Å². The summed E-state index contributed by atoms with van der Waals surface area (Å²) < 4.78 is 0. The second-order valence-electron chi connectivity index (χ2n) is 5.29. The highest BCUT2D eigenvalue weighted by Crippen LogP contribution is 2.32. The predicted molar refractivity (Wildman–Crippen MR) is 90.9 cm³/mol. The summed E-state index contributed by atoms with van der Waals surface area (Å²) in [6, 6.07) is 11.3. The normalized spacial score (nSPS) is 13.7. The molecule has 1 aliphatic rings. The molecule has 3 rings (SSSR count). The van der Waals surface area contributed by atoms with Crippen LogP contribution in [0.3, 0.4) is 0 Å². The van der Waals surface area contributed by atoms with Crippen LogP contribution in [-0.2, 0) is 6.54 Å². The van der Waals surface area contributed by atoms with Crippen LogP contribution in [0.15, 0.2) is 54.0 Å². The number of aliphatic imine (C=N–C) groups is 1. The smallest absolute Gasteiger partial charge is 0.259 e. The highest BCUT2D eigenvalue weighted by molar-refractivity contribution is 6.10.